The van der Waals surface area contributed by atoms with Crippen LogP contribution in [0.25, 0.3) is 0 Å². The van der Waals surface area contributed by atoms with E-state index in [2.05, 4.69) is 4.98 Å². The minimum absolute atomic E-state index is 0. The number of aromatic nitrogens is 1. The second-order valence-corrected chi connectivity index (χ2v) is 2.02. The summed E-state index contributed by atoms with van der Waals surface area (Å²) < 4.78 is 11.8. The molecule has 0 radical (unpaired) electrons. The van der Waals surface area contributed by atoms with Crippen molar-refractivity contribution in [2.24, 2.45) is 0 Å². The van der Waals surface area contributed by atoms with Crippen molar-refractivity contribution < 1.29 is 4.39 Å². The first kappa shape index (κ1) is 11.7. The van der Waals surface area contributed by atoms with E-state index in [0.717, 1.165) is 17.5 Å². The highest BCUT2D eigenvalue weighted by molar-refractivity contribution is 7.13. The molecule has 1 heterocycles. The molecule has 2 N–H and O–H groups in total. The van der Waals surface area contributed by atoms with Crippen LogP contribution in [0.2, 0.25) is 0 Å². The zero-order chi connectivity index (χ0) is 5.28. The van der Waals surface area contributed by atoms with Crippen LogP contribution in [0.4, 0.5) is 9.52 Å². The van der Waals surface area contributed by atoms with Gasteiger partial charge >= 0.3 is 0 Å². The summed E-state index contributed by atoms with van der Waals surface area (Å²) in [5.41, 5.74) is 5.05. The third-order valence-corrected chi connectivity index (χ3v) is 1.11. The van der Waals surface area contributed by atoms with E-state index in [1.54, 1.807) is 0 Å². The van der Waals surface area contributed by atoms with E-state index >= 15 is 0 Å². The number of thiazole rings is 1. The van der Waals surface area contributed by atoms with E-state index in [0.29, 0.717) is 0 Å². The predicted octanol–water partition coefficient (Wildman–Crippen LogP) is 1.71. The van der Waals surface area contributed by atoms with Gasteiger partial charge < -0.3 is 5.73 Å². The van der Waals surface area contributed by atoms with Gasteiger partial charge in [0.15, 0.2) is 10.3 Å². The minimum atomic E-state index is -0.336. The topological polar surface area (TPSA) is 38.9 Å². The Morgan fingerprint density at radius 3 is 2.22 bits per heavy atom. The van der Waals surface area contributed by atoms with Gasteiger partial charge in [0.1, 0.15) is 0 Å². The van der Waals surface area contributed by atoms with Crippen molar-refractivity contribution in [2.45, 2.75) is 0 Å². The van der Waals surface area contributed by atoms with E-state index in [1.165, 1.54) is 0 Å². The summed E-state index contributed by atoms with van der Waals surface area (Å²) in [6, 6.07) is 0. The molecule has 0 aromatic carbocycles. The molecule has 1 rings (SSSR count). The first-order chi connectivity index (χ1) is 3.29. The summed E-state index contributed by atoms with van der Waals surface area (Å²) in [5, 5.41) is -0.0602. The second kappa shape index (κ2) is 4.78. The average Bonchev–Trinajstić information content (AvgIpc) is 1.87. The zero-order valence-corrected chi connectivity index (χ0v) is 6.65. The van der Waals surface area contributed by atoms with E-state index in [1.807, 2.05) is 0 Å². The Bertz CT molecular complexity index is 152. The Kier molecular flexibility index (Phi) is 6.22. The number of anilines is 1. The summed E-state index contributed by atoms with van der Waals surface area (Å²) in [6.45, 7) is 0. The van der Waals surface area contributed by atoms with Crippen molar-refractivity contribution in [1.29, 1.82) is 0 Å². The van der Waals surface area contributed by atoms with Gasteiger partial charge in [0.05, 0.1) is 6.20 Å². The highest BCUT2D eigenvalue weighted by atomic mass is 35.5. The Hall–Kier alpha value is -0.0600. The molecule has 0 atom stereocenters. The number of hydrogen-bond donors (Lipinski definition) is 1. The summed E-state index contributed by atoms with van der Waals surface area (Å²) in [7, 11) is 0. The third kappa shape index (κ3) is 3.51. The third-order valence-electron chi connectivity index (χ3n) is 0.495. The lowest BCUT2D eigenvalue weighted by Crippen LogP contribution is -1.77. The fourth-order valence-corrected chi connectivity index (χ4v) is 0.678. The Balaban J connectivity index is 0. The molecule has 6 heteroatoms. The highest BCUT2D eigenvalue weighted by Gasteiger charge is 1.91. The van der Waals surface area contributed by atoms with E-state index < -0.39 is 0 Å². The van der Waals surface area contributed by atoms with Crippen molar-refractivity contribution in [2.75, 3.05) is 5.73 Å². The minimum Gasteiger partial charge on any atom is -0.375 e. The maximum atomic E-state index is 11.8. The molecule has 0 fully saturated rings. The predicted molar refractivity (Wildman–Crippen MR) is 41.0 cm³/mol. The van der Waals surface area contributed by atoms with E-state index in [-0.39, 0.29) is 35.1 Å². The summed E-state index contributed by atoms with van der Waals surface area (Å²) in [6.07, 6.45) is 1.10. The molecule has 54 valence electrons. The van der Waals surface area contributed by atoms with Crippen molar-refractivity contribution >= 4 is 41.3 Å². The molecule has 9 heavy (non-hydrogen) atoms. The zero-order valence-electron chi connectivity index (χ0n) is 4.20. The Labute approximate surface area is 68.1 Å². The fourth-order valence-electron chi connectivity index (χ4n) is 0.267. The van der Waals surface area contributed by atoms with Gasteiger partial charge in [0, 0.05) is 0 Å². The molecule has 0 amide bonds. The van der Waals surface area contributed by atoms with Crippen molar-refractivity contribution in [3.05, 3.63) is 11.3 Å². The maximum absolute atomic E-state index is 11.8. The van der Waals surface area contributed by atoms with E-state index in [4.69, 9.17) is 5.73 Å². The highest BCUT2D eigenvalue weighted by Crippen LogP contribution is 2.10. The Morgan fingerprint density at radius 1 is 1.56 bits per heavy atom. The van der Waals surface area contributed by atoms with Crippen LogP contribution in [0, 0.1) is 5.13 Å². The normalized spacial score (nSPS) is 7.22. The first-order valence-electron chi connectivity index (χ1n) is 1.66. The van der Waals surface area contributed by atoms with Crippen LogP contribution >= 0.6 is 36.2 Å². The van der Waals surface area contributed by atoms with Crippen LogP contribution in [-0.4, -0.2) is 4.98 Å². The summed E-state index contributed by atoms with van der Waals surface area (Å²) in [5.74, 6) is 0. The molecule has 1 aromatic rings. The van der Waals surface area contributed by atoms with Crippen LogP contribution < -0.4 is 5.73 Å². The lowest BCUT2D eigenvalue weighted by atomic mass is 11.0. The van der Waals surface area contributed by atoms with Gasteiger partial charge in [-0.3, -0.25) is 0 Å². The molecule has 0 bridgehead atoms. The van der Waals surface area contributed by atoms with Gasteiger partial charge in [-0.15, -0.1) is 24.8 Å². The second-order valence-electron chi connectivity index (χ2n) is 1.00. The average molecular weight is 191 g/mol. The summed E-state index contributed by atoms with van der Waals surface area (Å²) >= 11 is 0.843. The first-order valence-corrected chi connectivity index (χ1v) is 2.47. The standard InChI is InChI=1S/C3H3FN2S.2ClH/c4-2-1-6-3(5)7-2;;/h1H,(H2,5,6);2*1H. The van der Waals surface area contributed by atoms with Gasteiger partial charge in [-0.25, -0.2) is 4.98 Å². The monoisotopic (exact) mass is 190 g/mol. The number of rotatable bonds is 0. The molecule has 0 aliphatic carbocycles. The molecule has 0 aliphatic rings. The molecule has 0 saturated heterocycles. The quantitative estimate of drug-likeness (QED) is 0.677. The van der Waals surface area contributed by atoms with Gasteiger partial charge in [-0.2, -0.15) is 4.39 Å². The van der Waals surface area contributed by atoms with Gasteiger partial charge in [0.2, 0.25) is 0 Å². The fraction of sp³-hybridized carbons (Fsp3) is 0. The van der Waals surface area contributed by atoms with Gasteiger partial charge in [-0.05, 0) is 0 Å². The van der Waals surface area contributed by atoms with Crippen molar-refractivity contribution in [1.82, 2.24) is 4.98 Å². The molecule has 2 nitrogen and oxygen atoms in total. The number of nitrogen functional groups attached to an aromatic ring is 1. The molecule has 0 saturated carbocycles. The Morgan fingerprint density at radius 2 is 2.11 bits per heavy atom. The summed E-state index contributed by atoms with van der Waals surface area (Å²) in [4.78, 5) is 3.44. The molecule has 1 aromatic heterocycles. The molecule has 0 spiro atoms. The van der Waals surface area contributed by atoms with Crippen LogP contribution in [0.5, 0.6) is 0 Å². The van der Waals surface area contributed by atoms with Crippen molar-refractivity contribution in [3.63, 3.8) is 0 Å². The lowest BCUT2D eigenvalue weighted by molar-refractivity contribution is 0.653. The van der Waals surface area contributed by atoms with Gasteiger partial charge in [0.25, 0.3) is 0 Å². The van der Waals surface area contributed by atoms with Crippen LogP contribution in [0.3, 0.4) is 0 Å². The number of hydrogen-bond acceptors (Lipinski definition) is 3. The molecular formula is C3H5Cl2FN2S. The van der Waals surface area contributed by atoms with Gasteiger partial charge in [-0.1, -0.05) is 11.3 Å². The largest absolute Gasteiger partial charge is 0.375 e. The lowest BCUT2D eigenvalue weighted by Gasteiger charge is -1.68. The molecular weight excluding hydrogens is 186 g/mol. The number of nitrogens with zero attached hydrogens (tertiary/aromatic N) is 1. The number of halogens is 3. The molecule has 0 unspecified atom stereocenters. The molecule has 0 aliphatic heterocycles. The maximum Gasteiger partial charge on any atom is 0.198 e. The van der Waals surface area contributed by atoms with Crippen LogP contribution in [-0.2, 0) is 0 Å². The van der Waals surface area contributed by atoms with E-state index in [9.17, 15) is 4.39 Å². The van der Waals surface area contributed by atoms with Crippen LogP contribution in [0.15, 0.2) is 6.20 Å². The SMILES string of the molecule is Cl.Cl.Nc1ncc(F)s1. The van der Waals surface area contributed by atoms with Crippen LogP contribution in [0.1, 0.15) is 0 Å². The van der Waals surface area contributed by atoms with Crippen molar-refractivity contribution in [3.8, 4) is 0 Å². The number of nitrogens with two attached hydrogens (primary N) is 1. The smallest absolute Gasteiger partial charge is 0.198 e.